The van der Waals surface area contributed by atoms with E-state index >= 15 is 0 Å². The van der Waals surface area contributed by atoms with Crippen LogP contribution in [-0.2, 0) is 4.74 Å². The first-order valence-electron chi connectivity index (χ1n) is 7.54. The number of ether oxygens (including phenoxy) is 1. The smallest absolute Gasteiger partial charge is 0.341 e. The topological polar surface area (TPSA) is 58.9 Å². The van der Waals surface area contributed by atoms with E-state index in [0.29, 0.717) is 22.0 Å². The fraction of sp³-hybridized carbons (Fsp3) is 0.222. The van der Waals surface area contributed by atoms with E-state index in [1.807, 2.05) is 38.1 Å². The summed E-state index contributed by atoms with van der Waals surface area (Å²) in [5, 5.41) is 11.7. The molecule has 0 unspecified atom stereocenters. The van der Waals surface area contributed by atoms with Crippen LogP contribution >= 0.6 is 22.7 Å². The van der Waals surface area contributed by atoms with Crippen molar-refractivity contribution in [2.24, 2.45) is 4.99 Å². The van der Waals surface area contributed by atoms with Crippen LogP contribution < -0.4 is 0 Å². The van der Waals surface area contributed by atoms with Crippen molar-refractivity contribution in [1.82, 2.24) is 0 Å². The van der Waals surface area contributed by atoms with Gasteiger partial charge in [0, 0.05) is 21.2 Å². The summed E-state index contributed by atoms with van der Waals surface area (Å²) < 4.78 is 6.13. The van der Waals surface area contributed by atoms with Gasteiger partial charge in [0.2, 0.25) is 0 Å². The molecule has 2 aromatic heterocycles. The SMILES string of the molecule is CCOC(=O)c1c(N=Cc2sc3ccccc3c2O)sc(C)c1C. The van der Waals surface area contributed by atoms with Gasteiger partial charge in [-0.15, -0.1) is 22.7 Å². The van der Waals surface area contributed by atoms with E-state index in [1.54, 1.807) is 13.1 Å². The van der Waals surface area contributed by atoms with Crippen LogP contribution in [0.1, 0.15) is 32.6 Å². The summed E-state index contributed by atoms with van der Waals surface area (Å²) in [4.78, 5) is 18.4. The minimum Gasteiger partial charge on any atom is -0.506 e. The minimum absolute atomic E-state index is 0.224. The van der Waals surface area contributed by atoms with Crippen LogP contribution in [0.2, 0.25) is 0 Å². The molecule has 0 aliphatic heterocycles. The number of esters is 1. The Morgan fingerprint density at radius 3 is 2.75 bits per heavy atom. The average molecular weight is 359 g/mol. The Labute approximate surface area is 148 Å². The zero-order chi connectivity index (χ0) is 17.3. The van der Waals surface area contributed by atoms with Gasteiger partial charge >= 0.3 is 5.97 Å². The zero-order valence-corrected chi connectivity index (χ0v) is 15.3. The predicted octanol–water partition coefficient (Wildman–Crippen LogP) is 5.21. The Morgan fingerprint density at radius 2 is 2.04 bits per heavy atom. The molecule has 0 saturated carbocycles. The second-order valence-corrected chi connectivity index (χ2v) is 7.54. The quantitative estimate of drug-likeness (QED) is 0.514. The largest absolute Gasteiger partial charge is 0.506 e. The molecule has 4 nitrogen and oxygen atoms in total. The molecule has 2 heterocycles. The Kier molecular flexibility index (Phi) is 4.69. The van der Waals surface area contributed by atoms with Crippen molar-refractivity contribution < 1.29 is 14.6 Å². The molecule has 0 bridgehead atoms. The van der Waals surface area contributed by atoms with Crippen molar-refractivity contribution in [2.75, 3.05) is 6.61 Å². The van der Waals surface area contributed by atoms with Gasteiger partial charge in [-0.3, -0.25) is 0 Å². The molecule has 0 atom stereocenters. The standard InChI is InChI=1S/C18H17NO3S2/c1-4-22-18(21)15-10(2)11(3)23-17(15)19-9-14-16(20)12-7-5-6-8-13(12)24-14/h5-9,20H,4H2,1-3H3. The lowest BCUT2D eigenvalue weighted by Crippen LogP contribution is -2.05. The number of carbonyl (C=O) groups is 1. The molecule has 3 rings (SSSR count). The second kappa shape index (κ2) is 6.75. The first-order chi connectivity index (χ1) is 11.5. The summed E-state index contributed by atoms with van der Waals surface area (Å²) in [6, 6.07) is 7.66. The molecule has 0 aliphatic rings. The fourth-order valence-corrected chi connectivity index (χ4v) is 4.36. The zero-order valence-electron chi connectivity index (χ0n) is 13.6. The molecule has 3 aromatic rings. The highest BCUT2D eigenvalue weighted by atomic mass is 32.1. The van der Waals surface area contributed by atoms with Gasteiger partial charge in [0.1, 0.15) is 10.8 Å². The molecule has 0 aliphatic carbocycles. The van der Waals surface area contributed by atoms with Crippen LogP contribution in [0, 0.1) is 13.8 Å². The van der Waals surface area contributed by atoms with Gasteiger partial charge in [-0.05, 0) is 38.5 Å². The maximum atomic E-state index is 12.2. The van der Waals surface area contributed by atoms with Crippen molar-refractivity contribution in [1.29, 1.82) is 0 Å². The van der Waals surface area contributed by atoms with E-state index in [-0.39, 0.29) is 11.7 Å². The number of rotatable bonds is 4. The molecule has 0 spiro atoms. The molecule has 1 aromatic carbocycles. The Morgan fingerprint density at radius 1 is 1.29 bits per heavy atom. The lowest BCUT2D eigenvalue weighted by molar-refractivity contribution is 0.0527. The van der Waals surface area contributed by atoms with E-state index in [4.69, 9.17) is 4.74 Å². The first kappa shape index (κ1) is 16.7. The van der Waals surface area contributed by atoms with E-state index in [0.717, 1.165) is 20.5 Å². The maximum absolute atomic E-state index is 12.2. The number of carbonyl (C=O) groups excluding carboxylic acids is 1. The molecule has 1 N–H and O–H groups in total. The van der Waals surface area contributed by atoms with E-state index < -0.39 is 0 Å². The molecule has 124 valence electrons. The summed E-state index contributed by atoms with van der Waals surface area (Å²) in [7, 11) is 0. The molecule has 6 heteroatoms. The summed E-state index contributed by atoms with van der Waals surface area (Å²) in [5.74, 6) is -0.130. The minimum atomic E-state index is -0.355. The van der Waals surface area contributed by atoms with Gasteiger partial charge < -0.3 is 9.84 Å². The van der Waals surface area contributed by atoms with Gasteiger partial charge in [-0.1, -0.05) is 12.1 Å². The summed E-state index contributed by atoms with van der Waals surface area (Å²) in [5.41, 5.74) is 1.40. The second-order valence-electron chi connectivity index (χ2n) is 5.25. The predicted molar refractivity (Wildman–Crippen MR) is 100 cm³/mol. The third kappa shape index (κ3) is 2.95. The Bertz CT molecular complexity index is 937. The van der Waals surface area contributed by atoms with Crippen LogP contribution in [0.3, 0.4) is 0 Å². The van der Waals surface area contributed by atoms with Crippen molar-refractivity contribution in [3.63, 3.8) is 0 Å². The summed E-state index contributed by atoms with van der Waals surface area (Å²) in [6.07, 6.45) is 1.62. The first-order valence-corrected chi connectivity index (χ1v) is 9.17. The number of hydrogen-bond donors (Lipinski definition) is 1. The number of benzene rings is 1. The van der Waals surface area contributed by atoms with E-state index in [9.17, 15) is 9.90 Å². The van der Waals surface area contributed by atoms with Crippen molar-refractivity contribution in [3.05, 3.63) is 45.1 Å². The molecular weight excluding hydrogens is 342 g/mol. The molecule has 0 amide bonds. The third-order valence-corrected chi connectivity index (χ3v) is 5.95. The normalized spacial score (nSPS) is 11.5. The Balaban J connectivity index is 2.01. The number of fused-ring (bicyclic) bond motifs is 1. The van der Waals surface area contributed by atoms with Gasteiger partial charge in [0.15, 0.2) is 0 Å². The average Bonchev–Trinajstić information content (AvgIpc) is 3.03. The number of thiophene rings is 2. The lowest BCUT2D eigenvalue weighted by Gasteiger charge is -2.02. The fourth-order valence-electron chi connectivity index (χ4n) is 2.40. The highest BCUT2D eigenvalue weighted by Crippen LogP contribution is 2.38. The van der Waals surface area contributed by atoms with Crippen molar-refractivity contribution in [2.45, 2.75) is 20.8 Å². The van der Waals surface area contributed by atoms with Crippen molar-refractivity contribution in [3.8, 4) is 5.75 Å². The van der Waals surface area contributed by atoms with E-state index in [2.05, 4.69) is 4.99 Å². The van der Waals surface area contributed by atoms with Crippen LogP contribution in [0.25, 0.3) is 10.1 Å². The van der Waals surface area contributed by atoms with Gasteiger partial charge in [0.05, 0.1) is 17.0 Å². The number of aryl methyl sites for hydroxylation is 1. The maximum Gasteiger partial charge on any atom is 0.341 e. The van der Waals surface area contributed by atoms with Crippen LogP contribution in [0.4, 0.5) is 5.00 Å². The number of aliphatic imine (C=N–C) groups is 1. The van der Waals surface area contributed by atoms with Crippen LogP contribution in [0.15, 0.2) is 29.3 Å². The summed E-state index contributed by atoms with van der Waals surface area (Å²) in [6.45, 7) is 5.96. The lowest BCUT2D eigenvalue weighted by atomic mass is 10.1. The summed E-state index contributed by atoms with van der Waals surface area (Å²) >= 11 is 2.92. The van der Waals surface area contributed by atoms with E-state index in [1.165, 1.54) is 22.7 Å². The highest BCUT2D eigenvalue weighted by molar-refractivity contribution is 7.21. The Hall–Kier alpha value is -2.18. The number of aromatic hydroxyl groups is 1. The number of nitrogens with zero attached hydrogens (tertiary/aromatic N) is 1. The number of hydrogen-bond acceptors (Lipinski definition) is 6. The monoisotopic (exact) mass is 359 g/mol. The molecule has 0 radical (unpaired) electrons. The molecule has 0 fully saturated rings. The molecule has 24 heavy (non-hydrogen) atoms. The van der Waals surface area contributed by atoms with Crippen LogP contribution in [0.5, 0.6) is 5.75 Å². The van der Waals surface area contributed by atoms with Crippen molar-refractivity contribution >= 4 is 49.9 Å². The van der Waals surface area contributed by atoms with Gasteiger partial charge in [-0.2, -0.15) is 0 Å². The van der Waals surface area contributed by atoms with Gasteiger partial charge in [0.25, 0.3) is 0 Å². The highest BCUT2D eigenvalue weighted by Gasteiger charge is 2.20. The molecule has 0 saturated heterocycles. The molecular formula is C18H17NO3S2. The van der Waals surface area contributed by atoms with Crippen LogP contribution in [-0.4, -0.2) is 23.9 Å². The van der Waals surface area contributed by atoms with Gasteiger partial charge in [-0.25, -0.2) is 9.79 Å². The third-order valence-electron chi connectivity index (χ3n) is 3.74.